The molecule has 0 fully saturated rings. The molecular formula is C12H10BrClN2. The molecule has 82 valence electrons. The lowest BCUT2D eigenvalue weighted by Crippen LogP contribution is -1.93. The number of rotatable bonds is 2. The molecule has 16 heavy (non-hydrogen) atoms. The van der Waals surface area contributed by atoms with E-state index >= 15 is 0 Å². The first kappa shape index (κ1) is 11.3. The summed E-state index contributed by atoms with van der Waals surface area (Å²) < 4.78 is 0.989. The number of hydrogen-bond acceptors (Lipinski definition) is 2. The molecule has 0 aliphatic carbocycles. The molecular weight excluding hydrogens is 288 g/mol. The van der Waals surface area contributed by atoms with E-state index in [-0.39, 0.29) is 0 Å². The first-order valence-corrected chi connectivity index (χ1v) is 5.90. The molecule has 3 N–H and O–H groups in total. The van der Waals surface area contributed by atoms with Gasteiger partial charge in [-0.05, 0) is 46.3 Å². The third-order valence-electron chi connectivity index (χ3n) is 2.14. The molecule has 0 radical (unpaired) electrons. The minimum atomic E-state index is 0.607. The Morgan fingerprint density at radius 2 is 1.81 bits per heavy atom. The summed E-state index contributed by atoms with van der Waals surface area (Å²) in [7, 11) is 0. The Bertz CT molecular complexity index is 514. The van der Waals surface area contributed by atoms with Crippen LogP contribution in [0.4, 0.5) is 17.1 Å². The fraction of sp³-hybridized carbons (Fsp3) is 0. The predicted octanol–water partition coefficient (Wildman–Crippen LogP) is 4.43. The number of halogens is 2. The average molecular weight is 298 g/mol. The van der Waals surface area contributed by atoms with Crippen molar-refractivity contribution in [3.63, 3.8) is 0 Å². The van der Waals surface area contributed by atoms with Gasteiger partial charge < -0.3 is 11.1 Å². The lowest BCUT2D eigenvalue weighted by Gasteiger charge is -2.10. The number of nitrogen functional groups attached to an aromatic ring is 1. The topological polar surface area (TPSA) is 38.0 Å². The van der Waals surface area contributed by atoms with Crippen LogP contribution < -0.4 is 11.1 Å². The Balaban J connectivity index is 2.31. The second-order valence-corrected chi connectivity index (χ2v) is 4.61. The summed E-state index contributed by atoms with van der Waals surface area (Å²) in [5.74, 6) is 0. The van der Waals surface area contributed by atoms with E-state index in [9.17, 15) is 0 Å². The van der Waals surface area contributed by atoms with E-state index in [1.54, 1.807) is 6.07 Å². The van der Waals surface area contributed by atoms with Crippen LogP contribution in [0.2, 0.25) is 5.02 Å². The number of hydrogen-bond donors (Lipinski definition) is 2. The first-order chi connectivity index (χ1) is 7.66. The molecule has 0 amide bonds. The van der Waals surface area contributed by atoms with E-state index in [1.807, 2.05) is 36.4 Å². The Labute approximate surface area is 108 Å². The predicted molar refractivity (Wildman–Crippen MR) is 73.3 cm³/mol. The smallest absolute Gasteiger partial charge is 0.0661 e. The van der Waals surface area contributed by atoms with Crippen LogP contribution in [0, 0.1) is 0 Å². The quantitative estimate of drug-likeness (QED) is 0.805. The van der Waals surface area contributed by atoms with Crippen LogP contribution in [0.5, 0.6) is 0 Å². The summed E-state index contributed by atoms with van der Waals surface area (Å²) in [5, 5.41) is 3.84. The zero-order chi connectivity index (χ0) is 11.5. The zero-order valence-corrected chi connectivity index (χ0v) is 10.7. The number of nitrogens with one attached hydrogen (secondary N) is 1. The molecule has 0 atom stereocenters. The maximum Gasteiger partial charge on any atom is 0.0661 e. The fourth-order valence-corrected chi connectivity index (χ4v) is 1.96. The fourth-order valence-electron chi connectivity index (χ4n) is 1.34. The largest absolute Gasteiger partial charge is 0.399 e. The SMILES string of the molecule is Nc1ccc(Nc2ccccc2Br)c(Cl)c1. The molecule has 0 aromatic heterocycles. The van der Waals surface area contributed by atoms with Crippen molar-refractivity contribution in [2.45, 2.75) is 0 Å². The molecule has 0 saturated carbocycles. The van der Waals surface area contributed by atoms with Gasteiger partial charge in [-0.15, -0.1) is 0 Å². The monoisotopic (exact) mass is 296 g/mol. The van der Waals surface area contributed by atoms with Crippen LogP contribution in [-0.2, 0) is 0 Å². The molecule has 0 aliphatic heterocycles. The summed E-state index contributed by atoms with van der Waals surface area (Å²) in [5.41, 5.74) is 8.09. The first-order valence-electron chi connectivity index (χ1n) is 4.73. The van der Waals surface area contributed by atoms with Crippen LogP contribution in [0.25, 0.3) is 0 Å². The van der Waals surface area contributed by atoms with Crippen molar-refractivity contribution in [3.05, 3.63) is 52.0 Å². The van der Waals surface area contributed by atoms with Crippen molar-refractivity contribution in [3.8, 4) is 0 Å². The second kappa shape index (κ2) is 4.76. The van der Waals surface area contributed by atoms with Crippen LogP contribution in [0.1, 0.15) is 0 Å². The highest BCUT2D eigenvalue weighted by Crippen LogP contribution is 2.30. The maximum atomic E-state index is 6.07. The van der Waals surface area contributed by atoms with Gasteiger partial charge in [0.1, 0.15) is 0 Å². The molecule has 4 heteroatoms. The van der Waals surface area contributed by atoms with Crippen molar-refractivity contribution < 1.29 is 0 Å². The normalized spacial score (nSPS) is 10.1. The van der Waals surface area contributed by atoms with Crippen LogP contribution in [0.3, 0.4) is 0 Å². The van der Waals surface area contributed by atoms with Crippen LogP contribution in [0.15, 0.2) is 46.9 Å². The lowest BCUT2D eigenvalue weighted by molar-refractivity contribution is 1.52. The highest BCUT2D eigenvalue weighted by Gasteiger charge is 2.03. The summed E-state index contributed by atoms with van der Waals surface area (Å²) in [4.78, 5) is 0. The third kappa shape index (κ3) is 2.49. The van der Waals surface area contributed by atoms with Crippen molar-refractivity contribution >= 4 is 44.6 Å². The van der Waals surface area contributed by atoms with Gasteiger partial charge in [-0.2, -0.15) is 0 Å². The molecule has 2 rings (SSSR count). The molecule has 0 aliphatic rings. The minimum Gasteiger partial charge on any atom is -0.399 e. The third-order valence-corrected chi connectivity index (χ3v) is 3.14. The summed E-state index contributed by atoms with van der Waals surface area (Å²) in [6.45, 7) is 0. The number of anilines is 3. The maximum absolute atomic E-state index is 6.07. The zero-order valence-electron chi connectivity index (χ0n) is 8.37. The Morgan fingerprint density at radius 1 is 1.06 bits per heavy atom. The van der Waals surface area contributed by atoms with Gasteiger partial charge in [0.2, 0.25) is 0 Å². The van der Waals surface area contributed by atoms with E-state index in [0.717, 1.165) is 15.8 Å². The summed E-state index contributed by atoms with van der Waals surface area (Å²) in [6.07, 6.45) is 0. The molecule has 0 spiro atoms. The number of nitrogens with two attached hydrogens (primary N) is 1. The highest BCUT2D eigenvalue weighted by molar-refractivity contribution is 9.10. The van der Waals surface area contributed by atoms with Gasteiger partial charge >= 0.3 is 0 Å². The molecule has 0 bridgehead atoms. The van der Waals surface area contributed by atoms with E-state index in [1.165, 1.54) is 0 Å². The van der Waals surface area contributed by atoms with Crippen molar-refractivity contribution in [2.24, 2.45) is 0 Å². The molecule has 0 saturated heterocycles. The van der Waals surface area contributed by atoms with Gasteiger partial charge in [-0.25, -0.2) is 0 Å². The van der Waals surface area contributed by atoms with Crippen molar-refractivity contribution in [2.75, 3.05) is 11.1 Å². The van der Waals surface area contributed by atoms with Crippen LogP contribution in [-0.4, -0.2) is 0 Å². The number of benzene rings is 2. The molecule has 2 nitrogen and oxygen atoms in total. The average Bonchev–Trinajstić information content (AvgIpc) is 2.25. The van der Waals surface area contributed by atoms with E-state index < -0.39 is 0 Å². The van der Waals surface area contributed by atoms with Crippen LogP contribution >= 0.6 is 27.5 Å². The van der Waals surface area contributed by atoms with Gasteiger partial charge in [0.05, 0.1) is 16.4 Å². The Hall–Kier alpha value is -1.19. The van der Waals surface area contributed by atoms with Crippen molar-refractivity contribution in [1.82, 2.24) is 0 Å². The second-order valence-electron chi connectivity index (χ2n) is 3.34. The minimum absolute atomic E-state index is 0.607. The number of para-hydroxylation sites is 1. The standard InChI is InChI=1S/C12H10BrClN2/c13-9-3-1-2-4-11(9)16-12-6-5-8(15)7-10(12)14/h1-7,16H,15H2. The van der Waals surface area contributed by atoms with Gasteiger partial charge in [-0.3, -0.25) is 0 Å². The lowest BCUT2D eigenvalue weighted by atomic mass is 10.2. The van der Waals surface area contributed by atoms with Gasteiger partial charge in [0.25, 0.3) is 0 Å². The molecule has 0 heterocycles. The molecule has 2 aromatic carbocycles. The van der Waals surface area contributed by atoms with Gasteiger partial charge in [-0.1, -0.05) is 23.7 Å². The summed E-state index contributed by atoms with van der Waals surface area (Å²) in [6, 6.07) is 13.2. The van der Waals surface area contributed by atoms with Gasteiger partial charge in [0.15, 0.2) is 0 Å². The van der Waals surface area contributed by atoms with E-state index in [4.69, 9.17) is 17.3 Å². The highest BCUT2D eigenvalue weighted by atomic mass is 79.9. The molecule has 0 unspecified atom stereocenters. The van der Waals surface area contributed by atoms with E-state index in [2.05, 4.69) is 21.2 Å². The van der Waals surface area contributed by atoms with Gasteiger partial charge in [0, 0.05) is 10.2 Å². The Kier molecular flexibility index (Phi) is 3.36. The van der Waals surface area contributed by atoms with E-state index in [0.29, 0.717) is 10.7 Å². The summed E-state index contributed by atoms with van der Waals surface area (Å²) >= 11 is 9.54. The van der Waals surface area contributed by atoms with Crippen molar-refractivity contribution in [1.29, 1.82) is 0 Å². The Morgan fingerprint density at radius 3 is 2.50 bits per heavy atom. The molecule has 2 aromatic rings.